The number of ether oxygens (including phenoxy) is 3. The van der Waals surface area contributed by atoms with Crippen molar-refractivity contribution in [2.75, 3.05) is 21.3 Å². The second-order valence-electron chi connectivity index (χ2n) is 12.1. The molecule has 2 aromatic heterocycles. The smallest absolute Gasteiger partial charge is 0.220 e. The molecule has 0 aliphatic carbocycles. The summed E-state index contributed by atoms with van der Waals surface area (Å²) >= 11 is 6.60. The van der Waals surface area contributed by atoms with Gasteiger partial charge in [0.15, 0.2) is 11.5 Å². The molecular formula is C40H40ClN3O4. The number of nitrogens with one attached hydrogen (secondary N) is 1. The molecule has 6 rings (SSSR count). The molecular weight excluding hydrogens is 622 g/mol. The predicted octanol–water partition coefficient (Wildman–Crippen LogP) is 8.70. The normalized spacial score (nSPS) is 11.9. The van der Waals surface area contributed by atoms with E-state index in [0.29, 0.717) is 42.3 Å². The summed E-state index contributed by atoms with van der Waals surface area (Å²) < 4.78 is 18.7. The van der Waals surface area contributed by atoms with Crippen molar-refractivity contribution < 1.29 is 19.0 Å². The van der Waals surface area contributed by atoms with E-state index < -0.39 is 0 Å². The van der Waals surface area contributed by atoms with Crippen molar-refractivity contribution in [3.8, 4) is 28.4 Å². The van der Waals surface area contributed by atoms with Gasteiger partial charge in [-0.2, -0.15) is 0 Å². The van der Waals surface area contributed by atoms with Crippen LogP contribution in [0.4, 0.5) is 0 Å². The van der Waals surface area contributed by atoms with E-state index in [1.807, 2.05) is 42.6 Å². The summed E-state index contributed by atoms with van der Waals surface area (Å²) in [4.78, 5) is 18.0. The highest BCUT2D eigenvalue weighted by molar-refractivity contribution is 6.33. The lowest BCUT2D eigenvalue weighted by Crippen LogP contribution is -2.24. The Labute approximate surface area is 286 Å². The highest BCUT2D eigenvalue weighted by Crippen LogP contribution is 2.38. The molecule has 1 atom stereocenters. The fourth-order valence-corrected chi connectivity index (χ4v) is 6.59. The Hall–Kier alpha value is -5.01. The molecule has 0 spiro atoms. The van der Waals surface area contributed by atoms with Crippen LogP contribution in [0.15, 0.2) is 97.2 Å². The fraction of sp³-hybridized carbons (Fsp3) is 0.250. The summed E-state index contributed by atoms with van der Waals surface area (Å²) in [5, 5.41) is 6.08. The number of nitrogens with zero attached hydrogens (tertiary/aromatic N) is 2. The number of carbonyl (C=O) groups is 1. The minimum Gasteiger partial charge on any atom is -0.496 e. The monoisotopic (exact) mass is 661 g/mol. The Morgan fingerprint density at radius 2 is 1.56 bits per heavy atom. The van der Waals surface area contributed by atoms with Crippen molar-refractivity contribution in [3.63, 3.8) is 0 Å². The number of amides is 1. The standard InChI is InChI=1S/C40H40ClN3O4/c1-26(21-31-16-18-36(47-3)40(48-4)39(31)41)12-19-38(45)42-25-33-34(44-20-8-7-11-37(44)43-33)24-32-23-30(15-17-35(32)46-2)29-14-13-27-9-5-6-10-28(27)22-29/h5-11,13-18,20,22-23,26H,12,19,21,24-25H2,1-4H3,(H,42,45). The second kappa shape index (κ2) is 14.8. The van der Waals surface area contributed by atoms with Crippen LogP contribution in [0.25, 0.3) is 27.5 Å². The van der Waals surface area contributed by atoms with Gasteiger partial charge < -0.3 is 23.9 Å². The summed E-state index contributed by atoms with van der Waals surface area (Å²) in [5.74, 6) is 2.16. The van der Waals surface area contributed by atoms with E-state index in [4.69, 9.17) is 30.8 Å². The van der Waals surface area contributed by atoms with Gasteiger partial charge in [-0.1, -0.05) is 73.1 Å². The second-order valence-corrected chi connectivity index (χ2v) is 12.5. The van der Waals surface area contributed by atoms with Crippen molar-refractivity contribution in [1.29, 1.82) is 0 Å². The van der Waals surface area contributed by atoms with E-state index in [-0.39, 0.29) is 11.8 Å². The van der Waals surface area contributed by atoms with Crippen molar-refractivity contribution in [2.24, 2.45) is 5.92 Å². The van der Waals surface area contributed by atoms with Gasteiger partial charge in [-0.15, -0.1) is 0 Å². The first kappa shape index (κ1) is 32.9. The van der Waals surface area contributed by atoms with E-state index >= 15 is 0 Å². The molecule has 0 fully saturated rings. The molecule has 48 heavy (non-hydrogen) atoms. The first-order valence-electron chi connectivity index (χ1n) is 16.2. The average molecular weight is 662 g/mol. The maximum Gasteiger partial charge on any atom is 0.220 e. The summed E-state index contributed by atoms with van der Waals surface area (Å²) in [6.07, 6.45) is 4.45. The zero-order valence-corrected chi connectivity index (χ0v) is 28.5. The van der Waals surface area contributed by atoms with Gasteiger partial charge in [0, 0.05) is 24.6 Å². The Morgan fingerprint density at radius 3 is 2.35 bits per heavy atom. The van der Waals surface area contributed by atoms with Crippen LogP contribution in [0.2, 0.25) is 5.02 Å². The largest absolute Gasteiger partial charge is 0.496 e. The number of benzene rings is 4. The summed E-state index contributed by atoms with van der Waals surface area (Å²) in [5.41, 5.74) is 6.95. The maximum atomic E-state index is 13.1. The topological polar surface area (TPSA) is 74.1 Å². The van der Waals surface area contributed by atoms with E-state index in [9.17, 15) is 4.79 Å². The number of imidazole rings is 1. The number of rotatable bonds is 13. The molecule has 6 aromatic rings. The van der Waals surface area contributed by atoms with Crippen molar-refractivity contribution in [3.05, 3.63) is 125 Å². The first-order valence-corrected chi connectivity index (χ1v) is 16.5. The van der Waals surface area contributed by atoms with Crippen LogP contribution in [0.1, 0.15) is 42.3 Å². The molecule has 1 N–H and O–H groups in total. The zero-order chi connectivity index (χ0) is 33.6. The molecule has 2 heterocycles. The van der Waals surface area contributed by atoms with Crippen molar-refractivity contribution in [2.45, 2.75) is 39.2 Å². The number of halogens is 1. The van der Waals surface area contributed by atoms with E-state index in [0.717, 1.165) is 51.5 Å². The predicted molar refractivity (Wildman–Crippen MR) is 192 cm³/mol. The third-order valence-electron chi connectivity index (χ3n) is 8.88. The lowest BCUT2D eigenvalue weighted by molar-refractivity contribution is -0.121. The molecule has 8 heteroatoms. The highest BCUT2D eigenvalue weighted by Gasteiger charge is 2.18. The maximum absolute atomic E-state index is 13.1. The van der Waals surface area contributed by atoms with Crippen LogP contribution >= 0.6 is 11.6 Å². The average Bonchev–Trinajstić information content (AvgIpc) is 3.47. The van der Waals surface area contributed by atoms with Gasteiger partial charge >= 0.3 is 0 Å². The van der Waals surface area contributed by atoms with E-state index in [2.05, 4.69) is 71.2 Å². The lowest BCUT2D eigenvalue weighted by Gasteiger charge is -2.16. The van der Waals surface area contributed by atoms with Gasteiger partial charge in [0.2, 0.25) is 5.91 Å². The number of pyridine rings is 1. The minimum atomic E-state index is -0.0147. The molecule has 1 amide bonds. The van der Waals surface area contributed by atoms with Gasteiger partial charge in [0.05, 0.1) is 44.3 Å². The van der Waals surface area contributed by atoms with Crippen molar-refractivity contribution in [1.82, 2.24) is 14.7 Å². The van der Waals surface area contributed by atoms with Crippen LogP contribution in [0, 0.1) is 5.92 Å². The van der Waals surface area contributed by atoms with Crippen LogP contribution in [-0.4, -0.2) is 36.6 Å². The number of hydrogen-bond acceptors (Lipinski definition) is 5. The van der Waals surface area contributed by atoms with Crippen LogP contribution in [0.3, 0.4) is 0 Å². The van der Waals surface area contributed by atoms with Crippen LogP contribution in [0.5, 0.6) is 17.2 Å². The molecule has 0 saturated heterocycles. The number of hydrogen-bond donors (Lipinski definition) is 1. The van der Waals surface area contributed by atoms with Gasteiger partial charge in [-0.25, -0.2) is 4.98 Å². The third-order valence-corrected chi connectivity index (χ3v) is 9.30. The quantitative estimate of drug-likeness (QED) is 0.134. The first-order chi connectivity index (χ1) is 23.4. The number of aromatic nitrogens is 2. The van der Waals surface area contributed by atoms with Crippen LogP contribution < -0.4 is 19.5 Å². The Balaban J connectivity index is 1.16. The number of methoxy groups -OCH3 is 3. The van der Waals surface area contributed by atoms with Gasteiger partial charge in [-0.05, 0) is 82.6 Å². The molecule has 0 aliphatic rings. The number of fused-ring (bicyclic) bond motifs is 2. The lowest BCUT2D eigenvalue weighted by atomic mass is 9.96. The molecule has 1 unspecified atom stereocenters. The summed E-state index contributed by atoms with van der Waals surface area (Å²) in [6, 6.07) is 31.0. The molecule has 246 valence electrons. The summed E-state index contributed by atoms with van der Waals surface area (Å²) in [7, 11) is 4.87. The SMILES string of the molecule is COc1ccc(-c2ccc3ccccc3c2)cc1Cc1c(CNC(=O)CCC(C)Cc2ccc(OC)c(OC)c2Cl)nc2ccccn12. The molecule has 0 aliphatic heterocycles. The van der Waals surface area contributed by atoms with E-state index in [1.165, 1.54) is 10.8 Å². The number of carbonyl (C=O) groups excluding carboxylic acids is 1. The van der Waals surface area contributed by atoms with E-state index in [1.54, 1.807) is 21.3 Å². The Morgan fingerprint density at radius 1 is 0.833 bits per heavy atom. The Bertz CT molecular complexity index is 2070. The molecule has 0 bridgehead atoms. The minimum absolute atomic E-state index is 0.0147. The zero-order valence-electron chi connectivity index (χ0n) is 27.8. The Kier molecular flexibility index (Phi) is 10.2. The molecule has 0 saturated carbocycles. The van der Waals surface area contributed by atoms with Gasteiger partial charge in [0.1, 0.15) is 11.4 Å². The fourth-order valence-electron chi connectivity index (χ4n) is 6.28. The van der Waals surface area contributed by atoms with Crippen LogP contribution in [-0.2, 0) is 24.2 Å². The van der Waals surface area contributed by atoms with Gasteiger partial charge in [-0.3, -0.25) is 4.79 Å². The summed E-state index contributed by atoms with van der Waals surface area (Å²) in [6.45, 7) is 2.46. The van der Waals surface area contributed by atoms with Crippen molar-refractivity contribution >= 4 is 33.9 Å². The third kappa shape index (κ3) is 7.11. The molecule has 0 radical (unpaired) electrons. The molecule has 4 aromatic carbocycles. The molecule has 7 nitrogen and oxygen atoms in total. The van der Waals surface area contributed by atoms with Gasteiger partial charge in [0.25, 0.3) is 0 Å². The highest BCUT2D eigenvalue weighted by atomic mass is 35.5.